The van der Waals surface area contributed by atoms with Crippen molar-refractivity contribution >= 4 is 133 Å². The molecule has 428 valence electrons. The first-order chi connectivity index (χ1) is 42.8. The van der Waals surface area contributed by atoms with Crippen LogP contribution in [-0.2, 0) is 0 Å². The zero-order valence-electron chi connectivity index (χ0n) is 51.4. The molecule has 0 atom stereocenters. The van der Waals surface area contributed by atoms with Crippen LogP contribution < -0.4 is 39.9 Å². The summed E-state index contributed by atoms with van der Waals surface area (Å²) < 4.78 is 4.32. The van der Waals surface area contributed by atoms with E-state index in [2.05, 4.69) is 347 Å². The minimum absolute atomic E-state index is 1.08. The molecule has 6 nitrogen and oxygen atoms in total. The van der Waals surface area contributed by atoms with Gasteiger partial charge < -0.3 is 0 Å². The normalized spacial score (nSPS) is 12.7. The van der Waals surface area contributed by atoms with E-state index in [0.29, 0.717) is 0 Å². The second-order valence-electron chi connectivity index (χ2n) is 24.4. The SMILES string of the molecule is Cc1ccc(N(c2ccc(C)cc2)c2cc3[c]4c(c2)N(c2ccc(C)cc2)c2cc(N(c5ccc(C)cc5)c5ccc(C)cc5)cc5[c]2[Sb]4[c]2c(cc(N(c4ccc(C)cc4)c4ccc(C)cc4)cc2N5c2ccc(C)cc2)N3c2ccc(C)cc2)cc1. The van der Waals surface area contributed by atoms with E-state index in [-0.39, 0.29) is 0 Å². The third kappa shape index (κ3) is 9.59. The fraction of sp³-hybridized carbons (Fsp3) is 0.111. The van der Waals surface area contributed by atoms with Crippen molar-refractivity contribution in [3.05, 3.63) is 305 Å². The van der Waals surface area contributed by atoms with Crippen LogP contribution in [0.4, 0.5) is 102 Å². The van der Waals surface area contributed by atoms with E-state index in [0.717, 1.165) is 68.2 Å². The fourth-order valence-corrected chi connectivity index (χ4v) is 21.7. The predicted octanol–water partition coefficient (Wildman–Crippen LogP) is 20.7. The maximum absolute atomic E-state index is 3.31. The van der Waals surface area contributed by atoms with Gasteiger partial charge in [-0.15, -0.1) is 0 Å². The number of nitrogens with zero attached hydrogens (tertiary/aromatic N) is 6. The number of benzene rings is 12. The van der Waals surface area contributed by atoms with Crippen LogP contribution in [0, 0.1) is 62.3 Å². The quantitative estimate of drug-likeness (QED) is 0.113. The van der Waals surface area contributed by atoms with E-state index in [1.165, 1.54) is 94.7 Å². The molecule has 0 bridgehead atoms. The Bertz CT molecular complexity index is 3930. The van der Waals surface area contributed by atoms with Gasteiger partial charge in [0.15, 0.2) is 0 Å². The molecule has 0 N–H and O–H groups in total. The van der Waals surface area contributed by atoms with Gasteiger partial charge in [0.05, 0.1) is 0 Å². The van der Waals surface area contributed by atoms with E-state index in [1.807, 2.05) is 0 Å². The summed E-state index contributed by atoms with van der Waals surface area (Å²) in [6.45, 7) is 19.6. The van der Waals surface area contributed by atoms with E-state index >= 15 is 0 Å². The topological polar surface area (TPSA) is 19.4 Å². The van der Waals surface area contributed by atoms with Crippen LogP contribution in [0.5, 0.6) is 0 Å². The van der Waals surface area contributed by atoms with E-state index in [9.17, 15) is 0 Å². The van der Waals surface area contributed by atoms with Crippen LogP contribution in [0.15, 0.2) is 255 Å². The molecule has 12 aromatic rings. The monoisotopic (exact) mass is 1250 g/mol. The molecule has 7 heteroatoms. The number of anilines is 18. The Morgan fingerprint density at radius 1 is 0.193 bits per heavy atom. The summed E-state index contributed by atoms with van der Waals surface area (Å²) in [5.41, 5.74) is 31.4. The van der Waals surface area contributed by atoms with E-state index in [4.69, 9.17) is 0 Å². The van der Waals surface area contributed by atoms with Crippen molar-refractivity contribution in [1.29, 1.82) is 0 Å². The summed E-state index contributed by atoms with van der Waals surface area (Å²) in [7, 11) is 0. The first-order valence-electron chi connectivity index (χ1n) is 30.6. The molecule has 0 aliphatic carbocycles. The zero-order valence-corrected chi connectivity index (χ0v) is 53.9. The molecule has 3 aliphatic rings. The van der Waals surface area contributed by atoms with Gasteiger partial charge in [-0.2, -0.15) is 0 Å². The van der Waals surface area contributed by atoms with Crippen molar-refractivity contribution in [3.8, 4) is 0 Å². The molecular formula is C81H69N6Sb. The zero-order chi connectivity index (χ0) is 60.1. The second kappa shape index (κ2) is 21.9. The molecule has 0 aromatic heterocycles. The van der Waals surface area contributed by atoms with Crippen LogP contribution in [-0.4, -0.2) is 20.2 Å². The molecule has 0 amide bonds. The Balaban J connectivity index is 1.13. The summed E-state index contributed by atoms with van der Waals surface area (Å²) in [5.74, 6) is 0. The molecule has 3 heterocycles. The molecule has 15 rings (SSSR count). The first kappa shape index (κ1) is 54.9. The van der Waals surface area contributed by atoms with Gasteiger partial charge in [-0.3, -0.25) is 0 Å². The molecule has 88 heavy (non-hydrogen) atoms. The Kier molecular flexibility index (Phi) is 13.7. The van der Waals surface area contributed by atoms with Gasteiger partial charge in [-0.25, -0.2) is 0 Å². The number of rotatable bonds is 12. The second-order valence-corrected chi connectivity index (χ2v) is 30.1. The summed E-state index contributed by atoms with van der Waals surface area (Å²) in [5, 5.41) is 0. The number of hydrogen-bond acceptors (Lipinski definition) is 6. The molecule has 0 unspecified atom stereocenters. The number of aryl methyl sites for hydroxylation is 9. The molecule has 0 fully saturated rings. The average molecular weight is 1250 g/mol. The molecule has 0 saturated heterocycles. The molecular weight excluding hydrogens is 1180 g/mol. The van der Waals surface area contributed by atoms with Crippen molar-refractivity contribution in [2.24, 2.45) is 0 Å². The summed E-state index contributed by atoms with van der Waals surface area (Å²) in [4.78, 5) is 15.3. The third-order valence-electron chi connectivity index (χ3n) is 17.7. The van der Waals surface area contributed by atoms with Gasteiger partial charge in [0.2, 0.25) is 0 Å². The fourth-order valence-electron chi connectivity index (χ4n) is 13.0. The van der Waals surface area contributed by atoms with Crippen molar-refractivity contribution in [2.45, 2.75) is 62.3 Å². The average Bonchev–Trinajstić information content (AvgIpc) is 0.679. The van der Waals surface area contributed by atoms with Crippen LogP contribution in [0.2, 0.25) is 0 Å². The Morgan fingerprint density at radius 2 is 0.341 bits per heavy atom. The standard InChI is InChI=1S/C81H69N6.Sb/c1-55-10-28-64(29-11-55)82(65-30-12-56(2)13-31-65)73-46-76-52-77(47-73)86(71-42-24-62(8)25-43-71)79-49-75(84(68-36-18-59(5)19-37-68)69-38-20-60(6)21-39-69)51-81(54-79)87(72-44-26-63(9)27-45-72)80-50-74(48-78(53-80)85(76)70-40-22-61(7)23-41-70)83(66-32-14-57(3)15-33-66)67-34-16-58(4)17-35-67;/h10-51H,1-9H3;. The molecule has 0 spiro atoms. The minimum atomic E-state index is -3.31. The molecule has 0 saturated carbocycles. The van der Waals surface area contributed by atoms with Crippen LogP contribution in [0.3, 0.4) is 0 Å². The van der Waals surface area contributed by atoms with Gasteiger partial charge in [0, 0.05) is 0 Å². The Labute approximate surface area is 526 Å². The third-order valence-corrected chi connectivity index (χ3v) is 25.4. The molecule has 3 aliphatic heterocycles. The van der Waals surface area contributed by atoms with Crippen LogP contribution in [0.25, 0.3) is 0 Å². The summed E-state index contributed by atoms with van der Waals surface area (Å²) >= 11 is -3.31. The molecule has 0 radical (unpaired) electrons. The van der Waals surface area contributed by atoms with E-state index < -0.39 is 20.2 Å². The Morgan fingerprint density at radius 3 is 0.500 bits per heavy atom. The summed E-state index contributed by atoms with van der Waals surface area (Å²) in [6.07, 6.45) is 0. The van der Waals surface area contributed by atoms with E-state index in [1.54, 1.807) is 0 Å². The predicted molar refractivity (Wildman–Crippen MR) is 375 cm³/mol. The maximum atomic E-state index is 2.64. The van der Waals surface area contributed by atoms with Crippen molar-refractivity contribution in [3.63, 3.8) is 0 Å². The van der Waals surface area contributed by atoms with Crippen LogP contribution >= 0.6 is 0 Å². The number of hydrogen-bond donors (Lipinski definition) is 0. The Hall–Kier alpha value is -9.74. The van der Waals surface area contributed by atoms with Gasteiger partial charge in [0.1, 0.15) is 0 Å². The summed E-state index contributed by atoms with van der Waals surface area (Å²) in [6, 6.07) is 97.3. The van der Waals surface area contributed by atoms with Crippen molar-refractivity contribution in [1.82, 2.24) is 0 Å². The van der Waals surface area contributed by atoms with Crippen molar-refractivity contribution in [2.75, 3.05) is 29.4 Å². The molecule has 12 aromatic carbocycles. The van der Waals surface area contributed by atoms with Gasteiger partial charge in [0.25, 0.3) is 0 Å². The van der Waals surface area contributed by atoms with Gasteiger partial charge in [-0.1, -0.05) is 0 Å². The van der Waals surface area contributed by atoms with Gasteiger partial charge >= 0.3 is 530 Å². The van der Waals surface area contributed by atoms with Crippen LogP contribution in [0.1, 0.15) is 50.1 Å². The first-order valence-corrected chi connectivity index (χ1v) is 34.4. The van der Waals surface area contributed by atoms with Gasteiger partial charge in [-0.05, 0) is 0 Å². The van der Waals surface area contributed by atoms with Crippen molar-refractivity contribution < 1.29 is 0 Å².